The lowest BCUT2D eigenvalue weighted by Gasteiger charge is -2.20. The first-order valence-electron chi connectivity index (χ1n) is 8.55. The molecule has 1 rings (SSSR count). The molecule has 0 amide bonds. The number of aliphatic imine (C=N–C) groups is 1. The summed E-state index contributed by atoms with van der Waals surface area (Å²) in [5, 5.41) is 8.34. The van der Waals surface area contributed by atoms with E-state index >= 15 is 0 Å². The van der Waals surface area contributed by atoms with Crippen LogP contribution in [0.3, 0.4) is 0 Å². The Labute approximate surface area is 151 Å². The quantitative estimate of drug-likeness (QED) is 0.520. The second-order valence-electron chi connectivity index (χ2n) is 5.08. The molecule has 0 spiro atoms. The summed E-state index contributed by atoms with van der Waals surface area (Å²) < 4.78 is 0. The molecule has 0 aliphatic carbocycles. The van der Waals surface area contributed by atoms with Crippen LogP contribution in [0, 0.1) is 0 Å². The fourth-order valence-corrected chi connectivity index (χ4v) is 1.99. The SMILES string of the molecule is C=CC(/C=C/C)=C\C=NCCC(=O)O.CCN(CC)c1ccccc1. The molecule has 0 aliphatic heterocycles. The molecule has 0 radical (unpaired) electrons. The van der Waals surface area contributed by atoms with Gasteiger partial charge in [-0.1, -0.05) is 43.0 Å². The Morgan fingerprint density at radius 2 is 1.88 bits per heavy atom. The van der Waals surface area contributed by atoms with E-state index < -0.39 is 5.97 Å². The van der Waals surface area contributed by atoms with Crippen molar-refractivity contribution in [2.45, 2.75) is 27.2 Å². The highest BCUT2D eigenvalue weighted by Gasteiger charge is 1.97. The predicted octanol–water partition coefficient (Wildman–Crippen LogP) is 4.75. The van der Waals surface area contributed by atoms with Crippen LogP contribution in [0.4, 0.5) is 5.69 Å². The highest BCUT2D eigenvalue weighted by molar-refractivity contribution is 5.74. The number of carboxylic acids is 1. The highest BCUT2D eigenvalue weighted by Crippen LogP contribution is 2.11. The summed E-state index contributed by atoms with van der Waals surface area (Å²) in [5.41, 5.74) is 2.27. The number of nitrogens with zero attached hydrogens (tertiary/aromatic N) is 2. The maximum absolute atomic E-state index is 10.1. The van der Waals surface area contributed by atoms with Crippen LogP contribution in [0.25, 0.3) is 0 Å². The Bertz CT molecular complexity index is 571. The van der Waals surface area contributed by atoms with Gasteiger partial charge in [0.2, 0.25) is 0 Å². The molecule has 0 unspecified atom stereocenters. The number of para-hydroxylation sites is 1. The highest BCUT2D eigenvalue weighted by atomic mass is 16.4. The maximum atomic E-state index is 10.1. The van der Waals surface area contributed by atoms with Crippen molar-refractivity contribution in [3.8, 4) is 0 Å². The molecule has 0 saturated heterocycles. The molecule has 0 aromatic heterocycles. The van der Waals surface area contributed by atoms with Gasteiger partial charge in [0.15, 0.2) is 0 Å². The van der Waals surface area contributed by atoms with Gasteiger partial charge in [0, 0.05) is 31.5 Å². The number of hydrogen-bond donors (Lipinski definition) is 1. The summed E-state index contributed by atoms with van der Waals surface area (Å²) in [4.78, 5) is 16.4. The third-order valence-electron chi connectivity index (χ3n) is 3.31. The number of hydrogen-bond acceptors (Lipinski definition) is 3. The largest absolute Gasteiger partial charge is 0.481 e. The first kappa shape index (κ1) is 22.4. The van der Waals surface area contributed by atoms with Crippen molar-refractivity contribution in [1.29, 1.82) is 0 Å². The molecule has 1 aromatic carbocycles. The second-order valence-corrected chi connectivity index (χ2v) is 5.08. The van der Waals surface area contributed by atoms with Gasteiger partial charge in [-0.05, 0) is 44.6 Å². The number of rotatable bonds is 9. The zero-order chi connectivity index (χ0) is 18.9. The molecule has 0 aliphatic rings. The van der Waals surface area contributed by atoms with Gasteiger partial charge in [0.1, 0.15) is 0 Å². The van der Waals surface area contributed by atoms with Crippen LogP contribution in [0.2, 0.25) is 0 Å². The monoisotopic (exact) mass is 342 g/mol. The first-order chi connectivity index (χ1) is 12.1. The third-order valence-corrected chi connectivity index (χ3v) is 3.31. The summed E-state index contributed by atoms with van der Waals surface area (Å²) in [7, 11) is 0. The zero-order valence-corrected chi connectivity index (χ0v) is 15.6. The van der Waals surface area contributed by atoms with E-state index in [1.54, 1.807) is 18.4 Å². The number of carboxylic acid groups (broad SMARTS) is 1. The van der Waals surface area contributed by atoms with Gasteiger partial charge in [0.25, 0.3) is 0 Å². The van der Waals surface area contributed by atoms with Gasteiger partial charge in [-0.15, -0.1) is 0 Å². The fourth-order valence-electron chi connectivity index (χ4n) is 1.99. The van der Waals surface area contributed by atoms with Gasteiger partial charge < -0.3 is 10.0 Å². The predicted molar refractivity (Wildman–Crippen MR) is 109 cm³/mol. The summed E-state index contributed by atoms with van der Waals surface area (Å²) in [6, 6.07) is 10.5. The topological polar surface area (TPSA) is 52.9 Å². The van der Waals surface area contributed by atoms with Crippen molar-refractivity contribution in [3.63, 3.8) is 0 Å². The average molecular weight is 342 g/mol. The number of aliphatic carboxylic acids is 1. The van der Waals surface area contributed by atoms with Crippen molar-refractivity contribution >= 4 is 17.9 Å². The van der Waals surface area contributed by atoms with Crippen LogP contribution < -0.4 is 4.90 Å². The minimum atomic E-state index is -0.830. The number of carbonyl (C=O) groups is 1. The third kappa shape index (κ3) is 11.5. The van der Waals surface area contributed by atoms with E-state index in [4.69, 9.17) is 5.11 Å². The summed E-state index contributed by atoms with van der Waals surface area (Å²) in [5.74, 6) is -0.830. The number of allylic oxidation sites excluding steroid dienone is 5. The molecule has 0 saturated carbocycles. The van der Waals surface area contributed by atoms with Gasteiger partial charge in [-0.3, -0.25) is 9.79 Å². The number of benzene rings is 1. The molecule has 1 aromatic rings. The number of anilines is 1. The van der Waals surface area contributed by atoms with E-state index in [2.05, 4.69) is 54.6 Å². The maximum Gasteiger partial charge on any atom is 0.305 e. The van der Waals surface area contributed by atoms with Gasteiger partial charge in [-0.25, -0.2) is 0 Å². The molecule has 0 bridgehead atoms. The minimum Gasteiger partial charge on any atom is -0.481 e. The van der Waals surface area contributed by atoms with E-state index in [1.807, 2.05) is 25.1 Å². The molecular weight excluding hydrogens is 312 g/mol. The van der Waals surface area contributed by atoms with E-state index in [-0.39, 0.29) is 6.42 Å². The van der Waals surface area contributed by atoms with Crippen molar-refractivity contribution in [3.05, 3.63) is 66.8 Å². The van der Waals surface area contributed by atoms with Crippen LogP contribution in [-0.2, 0) is 4.79 Å². The molecule has 4 heteroatoms. The van der Waals surface area contributed by atoms with Crippen LogP contribution >= 0.6 is 0 Å². The summed E-state index contributed by atoms with van der Waals surface area (Å²) in [6.45, 7) is 12.4. The van der Waals surface area contributed by atoms with Gasteiger partial charge in [0.05, 0.1) is 6.42 Å². The van der Waals surface area contributed by atoms with Crippen LogP contribution in [-0.4, -0.2) is 36.9 Å². The van der Waals surface area contributed by atoms with E-state index in [0.29, 0.717) is 6.54 Å². The molecule has 0 heterocycles. The molecular formula is C21H30N2O2. The van der Waals surface area contributed by atoms with Crippen LogP contribution in [0.5, 0.6) is 0 Å². The van der Waals surface area contributed by atoms with Crippen molar-refractivity contribution in [2.75, 3.05) is 24.5 Å². The lowest BCUT2D eigenvalue weighted by atomic mass is 10.2. The van der Waals surface area contributed by atoms with E-state index in [1.165, 1.54) is 5.69 Å². The lowest BCUT2D eigenvalue weighted by molar-refractivity contribution is -0.136. The van der Waals surface area contributed by atoms with Gasteiger partial charge in [-0.2, -0.15) is 0 Å². The Morgan fingerprint density at radius 1 is 1.24 bits per heavy atom. The molecule has 1 N–H and O–H groups in total. The second kappa shape index (κ2) is 14.9. The standard InChI is InChI=1S/C11H15NO2.C10H15N/c1-3-5-10(4-2)6-8-12-9-7-11(13)14;1-3-11(4-2)10-8-6-5-7-9-10/h3-6,8H,2,7,9H2,1H3,(H,13,14);5-9H,3-4H2,1-2H3/b5-3+,10-6+,12-8?;. The van der Waals surface area contributed by atoms with Crippen molar-refractivity contribution < 1.29 is 9.90 Å². The first-order valence-corrected chi connectivity index (χ1v) is 8.55. The Kier molecular flexibility index (Phi) is 13.4. The van der Waals surface area contributed by atoms with Crippen molar-refractivity contribution in [2.24, 2.45) is 4.99 Å². The van der Waals surface area contributed by atoms with Gasteiger partial charge >= 0.3 is 5.97 Å². The molecule has 25 heavy (non-hydrogen) atoms. The molecule has 4 nitrogen and oxygen atoms in total. The Hall–Kier alpha value is -2.62. The molecule has 136 valence electrons. The average Bonchev–Trinajstić information content (AvgIpc) is 2.63. The van der Waals surface area contributed by atoms with Crippen LogP contribution in [0.15, 0.2) is 71.8 Å². The van der Waals surface area contributed by atoms with E-state index in [0.717, 1.165) is 18.7 Å². The normalized spacial score (nSPS) is 11.2. The van der Waals surface area contributed by atoms with Crippen molar-refractivity contribution in [1.82, 2.24) is 0 Å². The lowest BCUT2D eigenvalue weighted by Crippen LogP contribution is -2.21. The Balaban J connectivity index is 0.000000472. The smallest absolute Gasteiger partial charge is 0.305 e. The molecule has 0 atom stereocenters. The Morgan fingerprint density at radius 3 is 2.36 bits per heavy atom. The van der Waals surface area contributed by atoms with E-state index in [9.17, 15) is 4.79 Å². The zero-order valence-electron chi connectivity index (χ0n) is 15.6. The summed E-state index contributed by atoms with van der Waals surface area (Å²) in [6.07, 6.45) is 8.96. The van der Waals surface area contributed by atoms with Crippen LogP contribution in [0.1, 0.15) is 27.2 Å². The minimum absolute atomic E-state index is 0.0668. The summed E-state index contributed by atoms with van der Waals surface area (Å²) >= 11 is 0. The fraction of sp³-hybridized carbons (Fsp3) is 0.333. The molecule has 0 fully saturated rings.